The van der Waals surface area contributed by atoms with Crippen LogP contribution in [0.15, 0.2) is 60.7 Å². The van der Waals surface area contributed by atoms with Gasteiger partial charge in [-0.05, 0) is 42.0 Å². The number of nitrogens with one attached hydrogen (secondary N) is 1. The second-order valence-electron chi connectivity index (χ2n) is 6.37. The summed E-state index contributed by atoms with van der Waals surface area (Å²) in [5.74, 6) is -0.204. The molecule has 0 radical (unpaired) electrons. The number of hydrogen-bond donors (Lipinski definition) is 1. The molecule has 4 nitrogen and oxygen atoms in total. The van der Waals surface area contributed by atoms with E-state index in [0.29, 0.717) is 15.7 Å². The average molecular weight is 400 g/mol. The summed E-state index contributed by atoms with van der Waals surface area (Å²) in [4.78, 5) is 16.7. The topological polar surface area (TPSA) is 35.6 Å². The van der Waals surface area contributed by atoms with Gasteiger partial charge in [0, 0.05) is 43.3 Å². The summed E-state index contributed by atoms with van der Waals surface area (Å²) >= 11 is 11.3. The van der Waals surface area contributed by atoms with Crippen LogP contribution in [0, 0.1) is 0 Å². The fourth-order valence-corrected chi connectivity index (χ4v) is 3.29. The normalized spacial score (nSPS) is 15.1. The molecule has 2 aromatic rings. The molecule has 1 fully saturated rings. The van der Waals surface area contributed by atoms with Gasteiger partial charge in [-0.1, -0.05) is 54.1 Å². The highest BCUT2D eigenvalue weighted by atomic mass is 35.5. The van der Waals surface area contributed by atoms with Gasteiger partial charge in [-0.2, -0.15) is 0 Å². The number of rotatable bonds is 4. The van der Waals surface area contributed by atoms with E-state index < -0.39 is 0 Å². The van der Waals surface area contributed by atoms with Crippen molar-refractivity contribution in [1.29, 1.82) is 0 Å². The Hall–Kier alpha value is -2.21. The second kappa shape index (κ2) is 9.65. The maximum Gasteiger partial charge on any atom is 0.257 e. The average Bonchev–Trinajstić information content (AvgIpc) is 2.70. The fourth-order valence-electron chi connectivity index (χ4n) is 2.89. The number of amides is 1. The molecule has 27 heavy (non-hydrogen) atoms. The lowest BCUT2D eigenvalue weighted by Crippen LogP contribution is -2.52. The van der Waals surface area contributed by atoms with Crippen LogP contribution in [0.4, 0.5) is 0 Å². The molecule has 0 unspecified atom stereocenters. The van der Waals surface area contributed by atoms with Gasteiger partial charge in [0.1, 0.15) is 0 Å². The van der Waals surface area contributed by atoms with Crippen LogP contribution < -0.4 is 5.32 Å². The molecule has 3 rings (SSSR count). The van der Waals surface area contributed by atoms with Crippen molar-refractivity contribution in [2.24, 2.45) is 0 Å². The lowest BCUT2D eigenvalue weighted by molar-refractivity contribution is 0.0970. The highest BCUT2D eigenvalue weighted by Crippen LogP contribution is 2.10. The molecular formula is C21H22ClN3OS. The van der Waals surface area contributed by atoms with E-state index in [9.17, 15) is 4.79 Å². The summed E-state index contributed by atoms with van der Waals surface area (Å²) in [6, 6.07) is 17.1. The van der Waals surface area contributed by atoms with E-state index >= 15 is 0 Å². The lowest BCUT2D eigenvalue weighted by atomic mass is 10.2. The minimum atomic E-state index is -0.204. The molecule has 6 heteroatoms. The van der Waals surface area contributed by atoms with Crippen molar-refractivity contribution >= 4 is 40.9 Å². The van der Waals surface area contributed by atoms with Crippen LogP contribution in [0.3, 0.4) is 0 Å². The third-order valence-electron chi connectivity index (χ3n) is 4.46. The molecule has 0 aromatic heterocycles. The van der Waals surface area contributed by atoms with Gasteiger partial charge < -0.3 is 4.90 Å². The summed E-state index contributed by atoms with van der Waals surface area (Å²) in [6.45, 7) is 4.34. The first-order valence-corrected chi connectivity index (χ1v) is 9.70. The van der Waals surface area contributed by atoms with Crippen LogP contribution in [-0.4, -0.2) is 53.5 Å². The van der Waals surface area contributed by atoms with Gasteiger partial charge in [0.25, 0.3) is 5.91 Å². The molecular weight excluding hydrogens is 378 g/mol. The maximum absolute atomic E-state index is 12.3. The van der Waals surface area contributed by atoms with E-state index in [1.807, 2.05) is 23.1 Å². The standard InChI is InChI=1S/C21H22ClN3OS/c22-19-10-8-18(9-11-19)20(26)23-21(27)25-15-13-24(14-16-25)12-4-7-17-5-2-1-3-6-17/h1-11H,12-16H2,(H,23,26,27). The van der Waals surface area contributed by atoms with Crippen LogP contribution in [0.1, 0.15) is 15.9 Å². The molecule has 0 atom stereocenters. The molecule has 0 bridgehead atoms. The smallest absolute Gasteiger partial charge is 0.257 e. The van der Waals surface area contributed by atoms with Gasteiger partial charge in [-0.3, -0.25) is 15.0 Å². The number of carbonyl (C=O) groups excluding carboxylic acids is 1. The number of halogens is 1. The third-order valence-corrected chi connectivity index (χ3v) is 5.07. The van der Waals surface area contributed by atoms with E-state index in [1.165, 1.54) is 5.56 Å². The zero-order valence-corrected chi connectivity index (χ0v) is 16.5. The Morgan fingerprint density at radius 1 is 1.04 bits per heavy atom. The summed E-state index contributed by atoms with van der Waals surface area (Å²) in [6.07, 6.45) is 4.33. The molecule has 1 heterocycles. The molecule has 0 aliphatic carbocycles. The number of thiocarbonyl (C=S) groups is 1. The number of nitrogens with zero attached hydrogens (tertiary/aromatic N) is 2. The van der Waals surface area contributed by atoms with E-state index in [0.717, 1.165) is 32.7 Å². The first-order valence-electron chi connectivity index (χ1n) is 8.91. The lowest BCUT2D eigenvalue weighted by Gasteiger charge is -2.35. The summed E-state index contributed by atoms with van der Waals surface area (Å²) < 4.78 is 0. The van der Waals surface area contributed by atoms with E-state index in [-0.39, 0.29) is 5.91 Å². The van der Waals surface area contributed by atoms with Crippen LogP contribution >= 0.6 is 23.8 Å². The Bertz CT molecular complexity index is 800. The molecule has 1 aliphatic heterocycles. The van der Waals surface area contributed by atoms with E-state index in [1.54, 1.807) is 24.3 Å². The molecule has 1 saturated heterocycles. The summed E-state index contributed by atoms with van der Waals surface area (Å²) in [7, 11) is 0. The number of piperazine rings is 1. The third kappa shape index (κ3) is 5.89. The van der Waals surface area contributed by atoms with Crippen molar-refractivity contribution < 1.29 is 4.79 Å². The molecule has 1 amide bonds. The molecule has 1 N–H and O–H groups in total. The molecule has 2 aromatic carbocycles. The van der Waals surface area contributed by atoms with Crippen molar-refractivity contribution in [2.75, 3.05) is 32.7 Å². The van der Waals surface area contributed by atoms with Gasteiger partial charge in [-0.15, -0.1) is 0 Å². The highest BCUT2D eigenvalue weighted by Gasteiger charge is 2.19. The Morgan fingerprint density at radius 3 is 2.37 bits per heavy atom. The first-order chi connectivity index (χ1) is 13.1. The highest BCUT2D eigenvalue weighted by molar-refractivity contribution is 7.80. The second-order valence-corrected chi connectivity index (χ2v) is 7.19. The summed E-state index contributed by atoms with van der Waals surface area (Å²) in [5.41, 5.74) is 1.76. The van der Waals surface area contributed by atoms with Crippen LogP contribution in [0.5, 0.6) is 0 Å². The zero-order chi connectivity index (χ0) is 19.1. The number of benzene rings is 2. The fraction of sp³-hybridized carbons (Fsp3) is 0.238. The van der Waals surface area contributed by atoms with E-state index in [4.69, 9.17) is 23.8 Å². The minimum Gasteiger partial charge on any atom is -0.346 e. The number of carbonyl (C=O) groups is 1. The Labute approximate surface area is 170 Å². The van der Waals surface area contributed by atoms with Crippen LogP contribution in [0.2, 0.25) is 5.02 Å². The monoisotopic (exact) mass is 399 g/mol. The van der Waals surface area contributed by atoms with Crippen molar-refractivity contribution in [3.05, 3.63) is 76.8 Å². The minimum absolute atomic E-state index is 0.204. The largest absolute Gasteiger partial charge is 0.346 e. The molecule has 0 saturated carbocycles. The van der Waals surface area contributed by atoms with Gasteiger partial charge in [0.15, 0.2) is 5.11 Å². The molecule has 0 spiro atoms. The number of hydrogen-bond acceptors (Lipinski definition) is 3. The Morgan fingerprint density at radius 2 is 1.70 bits per heavy atom. The Balaban J connectivity index is 1.43. The summed E-state index contributed by atoms with van der Waals surface area (Å²) in [5, 5.41) is 3.89. The van der Waals surface area contributed by atoms with Gasteiger partial charge in [-0.25, -0.2) is 0 Å². The van der Waals surface area contributed by atoms with Crippen molar-refractivity contribution in [1.82, 2.24) is 15.1 Å². The predicted octanol–water partition coefficient (Wildman–Crippen LogP) is 3.69. The van der Waals surface area contributed by atoms with Crippen molar-refractivity contribution in [3.8, 4) is 0 Å². The predicted molar refractivity (Wildman–Crippen MR) is 115 cm³/mol. The van der Waals surface area contributed by atoms with Crippen molar-refractivity contribution in [3.63, 3.8) is 0 Å². The SMILES string of the molecule is O=C(NC(=S)N1CCN(CC=Cc2ccccc2)CC1)c1ccc(Cl)cc1. The van der Waals surface area contributed by atoms with Gasteiger partial charge >= 0.3 is 0 Å². The molecule has 1 aliphatic rings. The quantitative estimate of drug-likeness (QED) is 0.795. The Kier molecular flexibility index (Phi) is 6.98. The van der Waals surface area contributed by atoms with E-state index in [2.05, 4.69) is 34.5 Å². The zero-order valence-electron chi connectivity index (χ0n) is 15.0. The van der Waals surface area contributed by atoms with Gasteiger partial charge in [0.2, 0.25) is 0 Å². The van der Waals surface area contributed by atoms with Crippen LogP contribution in [-0.2, 0) is 0 Å². The maximum atomic E-state index is 12.3. The molecule has 140 valence electrons. The van der Waals surface area contributed by atoms with Crippen LogP contribution in [0.25, 0.3) is 6.08 Å². The first kappa shape index (κ1) is 19.5. The van der Waals surface area contributed by atoms with Gasteiger partial charge in [0.05, 0.1) is 0 Å². The van der Waals surface area contributed by atoms with Crippen molar-refractivity contribution in [2.45, 2.75) is 0 Å².